The highest BCUT2D eigenvalue weighted by molar-refractivity contribution is 14.0. The van der Waals surface area contributed by atoms with Gasteiger partial charge in [0.2, 0.25) is 0 Å². The lowest BCUT2D eigenvalue weighted by Crippen LogP contribution is -2.39. The van der Waals surface area contributed by atoms with Gasteiger partial charge in [-0.25, -0.2) is 0 Å². The fourth-order valence-corrected chi connectivity index (χ4v) is 3.70. The molecular formula is C17H31IN4S. The normalized spacial score (nSPS) is 15.7. The van der Waals surface area contributed by atoms with E-state index in [9.17, 15) is 0 Å². The van der Waals surface area contributed by atoms with Gasteiger partial charge in [-0.1, -0.05) is 12.8 Å². The van der Waals surface area contributed by atoms with Gasteiger partial charge in [0.05, 0.1) is 6.54 Å². The van der Waals surface area contributed by atoms with E-state index in [2.05, 4.69) is 53.0 Å². The number of likely N-dealkylation sites (N-methyl/N-ethyl adjacent to an activating group) is 1. The molecule has 2 rings (SSSR count). The summed E-state index contributed by atoms with van der Waals surface area (Å²) in [5.74, 6) is 1.01. The minimum Gasteiger partial charge on any atom is -0.357 e. The molecule has 1 saturated carbocycles. The van der Waals surface area contributed by atoms with E-state index in [0.717, 1.165) is 38.2 Å². The van der Waals surface area contributed by atoms with Crippen molar-refractivity contribution < 1.29 is 0 Å². The van der Waals surface area contributed by atoms with Crippen molar-refractivity contribution in [1.82, 2.24) is 15.1 Å². The van der Waals surface area contributed by atoms with E-state index < -0.39 is 0 Å². The minimum atomic E-state index is 0. The van der Waals surface area contributed by atoms with Crippen molar-refractivity contribution in [3.63, 3.8) is 0 Å². The lowest BCUT2D eigenvalue weighted by Gasteiger charge is -2.24. The van der Waals surface area contributed by atoms with E-state index in [1.54, 1.807) is 11.3 Å². The van der Waals surface area contributed by atoms with Crippen LogP contribution in [0.4, 0.5) is 0 Å². The first-order valence-corrected chi connectivity index (χ1v) is 9.35. The van der Waals surface area contributed by atoms with Crippen molar-refractivity contribution in [2.24, 2.45) is 4.99 Å². The molecule has 0 unspecified atom stereocenters. The number of hydrogen-bond donors (Lipinski definition) is 1. The van der Waals surface area contributed by atoms with Gasteiger partial charge in [0.1, 0.15) is 0 Å². The van der Waals surface area contributed by atoms with Crippen LogP contribution in [0.15, 0.2) is 21.8 Å². The van der Waals surface area contributed by atoms with Crippen molar-refractivity contribution in [3.05, 3.63) is 22.4 Å². The Labute approximate surface area is 162 Å². The van der Waals surface area contributed by atoms with Crippen molar-refractivity contribution in [1.29, 1.82) is 0 Å². The van der Waals surface area contributed by atoms with Gasteiger partial charge in [-0.2, -0.15) is 11.3 Å². The Balaban J connectivity index is 0.00000264. The molecule has 1 aliphatic carbocycles. The molecule has 0 atom stereocenters. The van der Waals surface area contributed by atoms with E-state index in [-0.39, 0.29) is 24.0 Å². The van der Waals surface area contributed by atoms with Crippen molar-refractivity contribution in [2.45, 2.75) is 45.2 Å². The second kappa shape index (κ2) is 11.3. The molecule has 132 valence electrons. The quantitative estimate of drug-likeness (QED) is 0.391. The topological polar surface area (TPSA) is 30.9 Å². The van der Waals surface area contributed by atoms with Crippen LogP contribution in [-0.2, 0) is 6.54 Å². The minimum absolute atomic E-state index is 0. The molecule has 4 nitrogen and oxygen atoms in total. The first kappa shape index (κ1) is 20.7. The summed E-state index contributed by atoms with van der Waals surface area (Å²) in [5, 5.41) is 7.73. The summed E-state index contributed by atoms with van der Waals surface area (Å²) in [6.07, 6.45) is 5.51. The maximum Gasteiger partial charge on any atom is 0.194 e. The summed E-state index contributed by atoms with van der Waals surface area (Å²) in [6, 6.07) is 2.96. The van der Waals surface area contributed by atoms with Crippen molar-refractivity contribution >= 4 is 41.3 Å². The van der Waals surface area contributed by atoms with Crippen LogP contribution in [0, 0.1) is 0 Å². The summed E-state index contributed by atoms with van der Waals surface area (Å²) in [5.41, 5.74) is 1.35. The molecule has 0 spiro atoms. The molecule has 0 amide bonds. The lowest BCUT2D eigenvalue weighted by molar-refractivity contribution is 0.252. The van der Waals surface area contributed by atoms with Crippen molar-refractivity contribution in [3.8, 4) is 0 Å². The number of halogens is 1. The monoisotopic (exact) mass is 450 g/mol. The number of aliphatic imine (C=N–C) groups is 1. The fraction of sp³-hybridized carbons (Fsp3) is 0.706. The number of rotatable bonds is 7. The summed E-state index contributed by atoms with van der Waals surface area (Å²) in [6.45, 7) is 5.85. The Morgan fingerprint density at radius 3 is 2.70 bits per heavy atom. The molecule has 1 heterocycles. The smallest absolute Gasteiger partial charge is 0.194 e. The second-order valence-corrected chi connectivity index (χ2v) is 6.92. The van der Waals surface area contributed by atoms with Crippen LogP contribution in [0.3, 0.4) is 0 Å². The van der Waals surface area contributed by atoms with Crippen LogP contribution >= 0.6 is 35.3 Å². The predicted octanol–water partition coefficient (Wildman–Crippen LogP) is 3.64. The zero-order chi connectivity index (χ0) is 15.8. The first-order chi connectivity index (χ1) is 10.7. The maximum absolute atomic E-state index is 4.80. The number of nitrogens with one attached hydrogen (secondary N) is 1. The first-order valence-electron chi connectivity index (χ1n) is 8.41. The van der Waals surface area contributed by atoms with Gasteiger partial charge < -0.3 is 15.1 Å². The molecule has 6 heteroatoms. The van der Waals surface area contributed by atoms with Gasteiger partial charge in [0.25, 0.3) is 0 Å². The highest BCUT2D eigenvalue weighted by atomic mass is 127. The number of nitrogens with zero attached hydrogens (tertiary/aromatic N) is 3. The maximum atomic E-state index is 4.80. The Hall–Kier alpha value is -0.340. The van der Waals surface area contributed by atoms with Gasteiger partial charge in [0, 0.05) is 32.7 Å². The Morgan fingerprint density at radius 2 is 2.09 bits per heavy atom. The summed E-state index contributed by atoms with van der Waals surface area (Å²) < 4.78 is 0. The third kappa shape index (κ3) is 6.97. The number of thiophene rings is 1. The third-order valence-corrected chi connectivity index (χ3v) is 5.09. The molecule has 0 aromatic carbocycles. The summed E-state index contributed by atoms with van der Waals surface area (Å²) in [7, 11) is 4.35. The predicted molar refractivity (Wildman–Crippen MR) is 112 cm³/mol. The van der Waals surface area contributed by atoms with E-state index in [1.165, 1.54) is 31.2 Å². The molecule has 0 saturated heterocycles. The fourth-order valence-electron chi connectivity index (χ4n) is 3.04. The molecule has 1 aliphatic rings. The van der Waals surface area contributed by atoms with E-state index >= 15 is 0 Å². The number of guanidine groups is 1. The van der Waals surface area contributed by atoms with Gasteiger partial charge in [-0.3, -0.25) is 4.99 Å². The van der Waals surface area contributed by atoms with Crippen LogP contribution in [0.25, 0.3) is 0 Å². The average Bonchev–Trinajstić information content (AvgIpc) is 3.19. The van der Waals surface area contributed by atoms with Crippen LogP contribution in [0.2, 0.25) is 0 Å². The standard InChI is InChI=1S/C17H30N4S.HI/c1-4-18-17(21(3)13-15-9-12-22-14-15)19-10-11-20(2)16-7-5-6-8-16;/h9,12,14,16H,4-8,10-11,13H2,1-3H3,(H,18,19);1H. The Bertz CT molecular complexity index is 443. The van der Waals surface area contributed by atoms with Gasteiger partial charge in [-0.05, 0) is 49.2 Å². The van der Waals surface area contributed by atoms with Crippen LogP contribution in [-0.4, -0.2) is 55.5 Å². The number of hydrogen-bond acceptors (Lipinski definition) is 3. The molecule has 1 fully saturated rings. The highest BCUT2D eigenvalue weighted by Crippen LogP contribution is 2.21. The van der Waals surface area contributed by atoms with Crippen LogP contribution in [0.5, 0.6) is 0 Å². The van der Waals surface area contributed by atoms with Gasteiger partial charge in [0.15, 0.2) is 5.96 Å². The van der Waals surface area contributed by atoms with E-state index in [1.807, 2.05) is 0 Å². The zero-order valence-electron chi connectivity index (χ0n) is 14.6. The summed E-state index contributed by atoms with van der Waals surface area (Å²) in [4.78, 5) is 9.49. The van der Waals surface area contributed by atoms with Crippen molar-refractivity contribution in [2.75, 3.05) is 33.7 Å². The zero-order valence-corrected chi connectivity index (χ0v) is 17.8. The second-order valence-electron chi connectivity index (χ2n) is 6.14. The van der Waals surface area contributed by atoms with Gasteiger partial charge in [-0.15, -0.1) is 24.0 Å². The molecule has 1 aromatic rings. The van der Waals surface area contributed by atoms with Crippen LogP contribution in [0.1, 0.15) is 38.2 Å². The van der Waals surface area contributed by atoms with E-state index in [4.69, 9.17) is 4.99 Å². The molecule has 1 aromatic heterocycles. The molecule has 23 heavy (non-hydrogen) atoms. The van der Waals surface area contributed by atoms with Crippen LogP contribution < -0.4 is 5.32 Å². The lowest BCUT2D eigenvalue weighted by atomic mass is 10.2. The molecule has 0 bridgehead atoms. The average molecular weight is 450 g/mol. The van der Waals surface area contributed by atoms with Gasteiger partial charge >= 0.3 is 0 Å². The SMILES string of the molecule is CCNC(=NCCN(C)C1CCCC1)N(C)Cc1ccsc1.I. The third-order valence-electron chi connectivity index (χ3n) is 4.36. The molecular weight excluding hydrogens is 419 g/mol. The Morgan fingerprint density at radius 1 is 1.35 bits per heavy atom. The largest absolute Gasteiger partial charge is 0.357 e. The summed E-state index contributed by atoms with van der Waals surface area (Å²) >= 11 is 1.75. The van der Waals surface area contributed by atoms with E-state index in [0.29, 0.717) is 0 Å². The Kier molecular flexibility index (Phi) is 10.1. The molecule has 0 radical (unpaired) electrons. The molecule has 1 N–H and O–H groups in total. The molecule has 0 aliphatic heterocycles. The highest BCUT2D eigenvalue weighted by Gasteiger charge is 2.18.